The van der Waals surface area contributed by atoms with Crippen molar-refractivity contribution >= 4 is 22.4 Å². The number of piperidine rings is 1. The molecule has 4 aromatic rings. The number of anilines is 1. The third-order valence-electron chi connectivity index (χ3n) is 6.93. The summed E-state index contributed by atoms with van der Waals surface area (Å²) >= 11 is 1.58. The summed E-state index contributed by atoms with van der Waals surface area (Å²) in [6, 6.07) is 18.0. The van der Waals surface area contributed by atoms with E-state index in [0.29, 0.717) is 38.1 Å². The van der Waals surface area contributed by atoms with E-state index in [9.17, 15) is 9.90 Å². The molecular formula is C30H28N4O3S. The van der Waals surface area contributed by atoms with Gasteiger partial charge in [0.25, 0.3) is 0 Å². The van der Waals surface area contributed by atoms with Gasteiger partial charge in [-0.1, -0.05) is 23.8 Å². The molecule has 2 aromatic heterocycles. The number of carbonyl (C=O) groups is 1. The maximum atomic E-state index is 11.3. The number of aromatic nitrogens is 2. The standard InChI is InChI=1S/C30H28N4O3S/c1-19-3-8-28(25(13-19)27-18-38-30(33-27)34-11-9-22(10-12-34)29(35)36)37-17-24-6-5-23(14-20(24)2)26-7-4-21(15-31)16-32-26/h3-8,13-14,16,18,22H,9-12,17H2,1-2H3,(H,35,36). The predicted molar refractivity (Wildman–Crippen MR) is 148 cm³/mol. The fourth-order valence-electron chi connectivity index (χ4n) is 4.62. The molecule has 0 bridgehead atoms. The van der Waals surface area contributed by atoms with Crippen molar-refractivity contribution < 1.29 is 14.6 Å². The van der Waals surface area contributed by atoms with Gasteiger partial charge in [0.1, 0.15) is 18.4 Å². The van der Waals surface area contributed by atoms with Crippen molar-refractivity contribution in [2.24, 2.45) is 5.92 Å². The molecule has 38 heavy (non-hydrogen) atoms. The molecule has 0 unspecified atom stereocenters. The van der Waals surface area contributed by atoms with Gasteiger partial charge in [-0.15, -0.1) is 11.3 Å². The van der Waals surface area contributed by atoms with Crippen LogP contribution >= 0.6 is 11.3 Å². The van der Waals surface area contributed by atoms with Crippen LogP contribution in [0.1, 0.15) is 35.1 Å². The zero-order valence-electron chi connectivity index (χ0n) is 21.3. The first kappa shape index (κ1) is 25.4. The van der Waals surface area contributed by atoms with Crippen molar-refractivity contribution in [3.8, 4) is 34.3 Å². The number of carboxylic acid groups (broad SMARTS) is 1. The molecule has 0 saturated carbocycles. The number of nitrogens with zero attached hydrogens (tertiary/aromatic N) is 4. The molecule has 1 aliphatic rings. The Kier molecular flexibility index (Phi) is 7.38. The van der Waals surface area contributed by atoms with E-state index < -0.39 is 5.97 Å². The van der Waals surface area contributed by atoms with Crippen molar-refractivity contribution in [1.82, 2.24) is 9.97 Å². The lowest BCUT2D eigenvalue weighted by Gasteiger charge is -2.29. The summed E-state index contributed by atoms with van der Waals surface area (Å²) in [5.41, 5.74) is 7.48. The number of hydrogen-bond acceptors (Lipinski definition) is 7. The molecule has 1 saturated heterocycles. The highest BCUT2D eigenvalue weighted by atomic mass is 32.1. The number of nitriles is 1. The van der Waals surface area contributed by atoms with Crippen LogP contribution in [0, 0.1) is 31.1 Å². The molecule has 7 nitrogen and oxygen atoms in total. The zero-order valence-corrected chi connectivity index (χ0v) is 22.2. The molecule has 0 atom stereocenters. The number of aliphatic carboxylic acids is 1. The van der Waals surface area contributed by atoms with Gasteiger partial charge in [0, 0.05) is 35.8 Å². The number of benzene rings is 2. The van der Waals surface area contributed by atoms with Gasteiger partial charge >= 0.3 is 5.97 Å². The van der Waals surface area contributed by atoms with E-state index in [1.54, 1.807) is 23.6 Å². The first-order valence-corrected chi connectivity index (χ1v) is 13.4. The number of aryl methyl sites for hydroxylation is 2. The van der Waals surface area contributed by atoms with E-state index in [1.807, 2.05) is 29.6 Å². The average molecular weight is 525 g/mol. The highest BCUT2D eigenvalue weighted by Gasteiger charge is 2.26. The molecule has 2 aromatic carbocycles. The Balaban J connectivity index is 1.31. The van der Waals surface area contributed by atoms with Crippen LogP contribution in [0.5, 0.6) is 5.75 Å². The molecule has 1 aliphatic heterocycles. The monoisotopic (exact) mass is 524 g/mol. The lowest BCUT2D eigenvalue weighted by atomic mass is 9.97. The van der Waals surface area contributed by atoms with E-state index in [4.69, 9.17) is 15.0 Å². The number of ether oxygens (including phenoxy) is 1. The van der Waals surface area contributed by atoms with Crippen LogP contribution in [0.4, 0.5) is 5.13 Å². The maximum Gasteiger partial charge on any atom is 0.306 e. The van der Waals surface area contributed by atoms with Crippen molar-refractivity contribution in [1.29, 1.82) is 5.26 Å². The average Bonchev–Trinajstić information content (AvgIpc) is 3.43. The Morgan fingerprint density at radius 1 is 1.13 bits per heavy atom. The molecule has 3 heterocycles. The van der Waals surface area contributed by atoms with Gasteiger partial charge in [0.2, 0.25) is 0 Å². The minimum Gasteiger partial charge on any atom is -0.488 e. The van der Waals surface area contributed by atoms with Gasteiger partial charge in [-0.2, -0.15) is 5.26 Å². The normalized spacial score (nSPS) is 13.8. The topological polar surface area (TPSA) is 99.3 Å². The highest BCUT2D eigenvalue weighted by Crippen LogP contribution is 2.36. The third kappa shape index (κ3) is 5.53. The van der Waals surface area contributed by atoms with Gasteiger partial charge in [0.15, 0.2) is 5.13 Å². The van der Waals surface area contributed by atoms with Gasteiger partial charge in [-0.05, 0) is 68.1 Å². The van der Waals surface area contributed by atoms with E-state index >= 15 is 0 Å². The second kappa shape index (κ2) is 11.0. The molecule has 1 N–H and O–H groups in total. The Hall–Kier alpha value is -4.22. The third-order valence-corrected chi connectivity index (χ3v) is 7.83. The number of pyridine rings is 1. The molecule has 8 heteroatoms. The van der Waals surface area contributed by atoms with Crippen LogP contribution in [-0.4, -0.2) is 34.1 Å². The second-order valence-corrected chi connectivity index (χ2v) is 10.4. The Morgan fingerprint density at radius 3 is 2.63 bits per heavy atom. The number of rotatable bonds is 7. The molecule has 0 spiro atoms. The lowest BCUT2D eigenvalue weighted by molar-refractivity contribution is -0.142. The number of carboxylic acids is 1. The van der Waals surface area contributed by atoms with Crippen LogP contribution in [0.25, 0.3) is 22.5 Å². The summed E-state index contributed by atoms with van der Waals surface area (Å²) in [6.07, 6.45) is 2.87. The van der Waals surface area contributed by atoms with Crippen LogP contribution < -0.4 is 9.64 Å². The van der Waals surface area contributed by atoms with Crippen molar-refractivity contribution in [2.45, 2.75) is 33.3 Å². The predicted octanol–water partition coefficient (Wildman–Crippen LogP) is 6.24. The van der Waals surface area contributed by atoms with Gasteiger partial charge in [-0.3, -0.25) is 9.78 Å². The van der Waals surface area contributed by atoms with Crippen LogP contribution in [0.2, 0.25) is 0 Å². The minimum atomic E-state index is -0.707. The maximum absolute atomic E-state index is 11.3. The summed E-state index contributed by atoms with van der Waals surface area (Å²) in [5, 5.41) is 21.2. The van der Waals surface area contributed by atoms with Crippen molar-refractivity contribution in [3.05, 3.63) is 82.4 Å². The highest BCUT2D eigenvalue weighted by molar-refractivity contribution is 7.14. The number of thiazole rings is 1. The summed E-state index contributed by atoms with van der Waals surface area (Å²) < 4.78 is 6.32. The largest absolute Gasteiger partial charge is 0.488 e. The van der Waals surface area contributed by atoms with Crippen LogP contribution in [0.3, 0.4) is 0 Å². The van der Waals surface area contributed by atoms with E-state index in [-0.39, 0.29) is 5.92 Å². The van der Waals surface area contributed by atoms with Crippen molar-refractivity contribution in [3.63, 3.8) is 0 Å². The summed E-state index contributed by atoms with van der Waals surface area (Å²) in [5.74, 6) is -0.198. The molecule has 0 amide bonds. The fraction of sp³-hybridized carbons (Fsp3) is 0.267. The molecule has 0 radical (unpaired) electrons. The smallest absolute Gasteiger partial charge is 0.306 e. The molecule has 5 rings (SSSR count). The molecular weight excluding hydrogens is 496 g/mol. The van der Waals surface area contributed by atoms with E-state index in [1.165, 1.54) is 0 Å². The number of hydrogen-bond donors (Lipinski definition) is 1. The first-order valence-electron chi connectivity index (χ1n) is 12.5. The minimum absolute atomic E-state index is 0.264. The summed E-state index contributed by atoms with van der Waals surface area (Å²) in [7, 11) is 0. The SMILES string of the molecule is Cc1ccc(OCc2ccc(-c3ccc(C#N)cn3)cc2C)c(-c2csc(N3CCC(C(=O)O)CC3)n2)c1. The molecule has 192 valence electrons. The lowest BCUT2D eigenvalue weighted by Crippen LogP contribution is -2.36. The van der Waals surface area contributed by atoms with E-state index in [2.05, 4.69) is 48.0 Å². The van der Waals surface area contributed by atoms with E-state index in [0.717, 1.165) is 50.1 Å². The fourth-order valence-corrected chi connectivity index (χ4v) is 5.50. The quantitative estimate of drug-likeness (QED) is 0.305. The zero-order chi connectivity index (χ0) is 26.6. The summed E-state index contributed by atoms with van der Waals surface area (Å²) in [4.78, 5) is 22.8. The summed E-state index contributed by atoms with van der Waals surface area (Å²) in [6.45, 7) is 5.94. The van der Waals surface area contributed by atoms with Crippen LogP contribution in [0.15, 0.2) is 60.1 Å². The molecule has 1 fully saturated rings. The second-order valence-electron chi connectivity index (χ2n) is 9.59. The van der Waals surface area contributed by atoms with Gasteiger partial charge in [0.05, 0.1) is 22.9 Å². The van der Waals surface area contributed by atoms with Crippen molar-refractivity contribution in [2.75, 3.05) is 18.0 Å². The Morgan fingerprint density at radius 2 is 1.95 bits per heavy atom. The van der Waals surface area contributed by atoms with Gasteiger partial charge < -0.3 is 14.7 Å². The van der Waals surface area contributed by atoms with Crippen LogP contribution in [-0.2, 0) is 11.4 Å². The first-order chi connectivity index (χ1) is 18.4. The van der Waals surface area contributed by atoms with Gasteiger partial charge in [-0.25, -0.2) is 4.98 Å². The Bertz CT molecular complexity index is 1500. The molecule has 0 aliphatic carbocycles. The Labute approximate surface area is 226 Å².